The van der Waals surface area contributed by atoms with Crippen LogP contribution in [0.4, 0.5) is 0 Å². The number of aryl methyl sites for hydroxylation is 2. The molecule has 0 aromatic heterocycles. The van der Waals surface area contributed by atoms with Gasteiger partial charge < -0.3 is 5.41 Å². The largest absolute Gasteiger partial charge is 0.302 e. The van der Waals surface area contributed by atoms with Gasteiger partial charge in [-0.3, -0.25) is 0 Å². The number of thioether (sulfide) groups is 1. The SMILES string of the molecule is N=CSC/C=C1/c2cc(Br)ccc2CC12CCc1ccccc1CC2. The molecular formula is C22H22BrNS. The molecule has 0 fully saturated rings. The Morgan fingerprint density at radius 3 is 2.44 bits per heavy atom. The third-order valence-corrected chi connectivity index (χ3v) is 6.81. The minimum atomic E-state index is 0.255. The molecule has 0 saturated heterocycles. The van der Waals surface area contributed by atoms with Crippen LogP contribution in [0.2, 0.25) is 0 Å². The van der Waals surface area contributed by atoms with Crippen LogP contribution >= 0.6 is 27.7 Å². The molecule has 0 atom stereocenters. The molecule has 1 spiro atoms. The third-order valence-electron chi connectivity index (χ3n) is 5.79. The van der Waals surface area contributed by atoms with Gasteiger partial charge in [0.05, 0.1) is 5.55 Å². The Balaban J connectivity index is 1.73. The van der Waals surface area contributed by atoms with Crippen molar-refractivity contribution >= 4 is 38.8 Å². The molecule has 4 rings (SSSR count). The van der Waals surface area contributed by atoms with Gasteiger partial charge in [-0.1, -0.05) is 52.3 Å². The van der Waals surface area contributed by atoms with Crippen molar-refractivity contribution in [2.75, 3.05) is 5.75 Å². The molecule has 0 saturated carbocycles. The number of benzene rings is 2. The fourth-order valence-electron chi connectivity index (χ4n) is 4.57. The minimum absolute atomic E-state index is 0.255. The lowest BCUT2D eigenvalue weighted by Gasteiger charge is -2.30. The first kappa shape index (κ1) is 17.1. The van der Waals surface area contributed by atoms with E-state index in [0.29, 0.717) is 0 Å². The molecule has 0 bridgehead atoms. The van der Waals surface area contributed by atoms with Crippen molar-refractivity contribution in [3.63, 3.8) is 0 Å². The van der Waals surface area contributed by atoms with Crippen LogP contribution in [0.3, 0.4) is 0 Å². The third kappa shape index (κ3) is 3.24. The Kier molecular flexibility index (Phi) is 4.88. The van der Waals surface area contributed by atoms with Crippen molar-refractivity contribution in [2.24, 2.45) is 5.41 Å². The van der Waals surface area contributed by atoms with E-state index in [1.807, 2.05) is 0 Å². The Labute approximate surface area is 162 Å². The summed E-state index contributed by atoms with van der Waals surface area (Å²) in [7, 11) is 0. The molecule has 0 unspecified atom stereocenters. The molecule has 1 N–H and O–H groups in total. The summed E-state index contributed by atoms with van der Waals surface area (Å²) in [5.41, 5.74) is 9.19. The van der Waals surface area contributed by atoms with Crippen molar-refractivity contribution in [1.29, 1.82) is 5.41 Å². The van der Waals surface area contributed by atoms with Crippen LogP contribution in [0.1, 0.15) is 35.1 Å². The van der Waals surface area contributed by atoms with Gasteiger partial charge in [-0.05, 0) is 72.1 Å². The Hall–Kier alpha value is -1.32. The molecule has 25 heavy (non-hydrogen) atoms. The van der Waals surface area contributed by atoms with Gasteiger partial charge in [0.2, 0.25) is 0 Å². The zero-order chi connectivity index (χ0) is 17.3. The smallest absolute Gasteiger partial charge is 0.0509 e. The molecule has 2 aliphatic rings. The summed E-state index contributed by atoms with van der Waals surface area (Å²) in [5.74, 6) is 0.888. The molecule has 2 aromatic carbocycles. The predicted molar refractivity (Wildman–Crippen MR) is 113 cm³/mol. The fraction of sp³-hybridized carbons (Fsp3) is 0.318. The number of allylic oxidation sites excluding steroid dienone is 1. The summed E-state index contributed by atoms with van der Waals surface area (Å²) in [6.07, 6.45) is 8.32. The highest BCUT2D eigenvalue weighted by Gasteiger charge is 2.42. The second-order valence-corrected chi connectivity index (χ2v) is 8.91. The van der Waals surface area contributed by atoms with Crippen molar-refractivity contribution in [3.05, 3.63) is 75.3 Å². The van der Waals surface area contributed by atoms with E-state index in [4.69, 9.17) is 5.41 Å². The van der Waals surface area contributed by atoms with E-state index in [9.17, 15) is 0 Å². The van der Waals surface area contributed by atoms with E-state index >= 15 is 0 Å². The Morgan fingerprint density at radius 2 is 1.76 bits per heavy atom. The van der Waals surface area contributed by atoms with E-state index < -0.39 is 0 Å². The molecular weight excluding hydrogens is 390 g/mol. The maximum absolute atomic E-state index is 7.32. The average molecular weight is 412 g/mol. The monoisotopic (exact) mass is 411 g/mol. The number of hydrogen-bond donors (Lipinski definition) is 1. The molecule has 2 aromatic rings. The molecule has 2 aliphatic carbocycles. The lowest BCUT2D eigenvalue weighted by Crippen LogP contribution is -2.21. The number of halogens is 1. The van der Waals surface area contributed by atoms with Crippen LogP contribution in [0.5, 0.6) is 0 Å². The number of hydrogen-bond acceptors (Lipinski definition) is 2. The lowest BCUT2D eigenvalue weighted by molar-refractivity contribution is 0.360. The van der Waals surface area contributed by atoms with Crippen LogP contribution in [-0.4, -0.2) is 11.3 Å². The molecule has 0 aliphatic heterocycles. The van der Waals surface area contributed by atoms with Crippen molar-refractivity contribution in [1.82, 2.24) is 0 Å². The maximum Gasteiger partial charge on any atom is 0.0509 e. The van der Waals surface area contributed by atoms with Gasteiger partial charge in [-0.2, -0.15) is 0 Å². The zero-order valence-electron chi connectivity index (χ0n) is 14.2. The van der Waals surface area contributed by atoms with E-state index in [-0.39, 0.29) is 5.41 Å². The van der Waals surface area contributed by atoms with Gasteiger partial charge in [0.1, 0.15) is 0 Å². The Morgan fingerprint density at radius 1 is 1.04 bits per heavy atom. The normalized spacial score (nSPS) is 19.5. The first-order valence-corrected chi connectivity index (χ1v) is 10.7. The van der Waals surface area contributed by atoms with Crippen molar-refractivity contribution in [3.8, 4) is 0 Å². The standard InChI is InChI=1S/C22H22BrNS/c23-19-6-5-18-14-22(21(20(18)13-19)9-12-25-15-24)10-7-16-3-1-2-4-17(16)8-11-22/h1-6,9,13,15,24H,7-8,10-12,14H2/b21-9-,24-15?. The summed E-state index contributed by atoms with van der Waals surface area (Å²) in [5, 5.41) is 7.32. The van der Waals surface area contributed by atoms with Crippen LogP contribution in [0.15, 0.2) is 53.0 Å². The molecule has 128 valence electrons. The van der Waals surface area contributed by atoms with Gasteiger partial charge in [-0.15, -0.1) is 11.8 Å². The van der Waals surface area contributed by atoms with Gasteiger partial charge in [-0.25, -0.2) is 0 Å². The topological polar surface area (TPSA) is 23.9 Å². The first-order valence-electron chi connectivity index (χ1n) is 8.89. The van der Waals surface area contributed by atoms with E-state index in [0.717, 1.165) is 16.6 Å². The van der Waals surface area contributed by atoms with E-state index in [1.165, 1.54) is 59.1 Å². The van der Waals surface area contributed by atoms with Gasteiger partial charge >= 0.3 is 0 Å². The molecule has 0 amide bonds. The summed E-state index contributed by atoms with van der Waals surface area (Å²) in [6, 6.07) is 15.7. The average Bonchev–Trinajstić information content (AvgIpc) is 2.79. The summed E-state index contributed by atoms with van der Waals surface area (Å²) in [4.78, 5) is 0. The van der Waals surface area contributed by atoms with Gasteiger partial charge in [0.25, 0.3) is 0 Å². The van der Waals surface area contributed by atoms with Crippen LogP contribution in [-0.2, 0) is 19.3 Å². The summed E-state index contributed by atoms with van der Waals surface area (Å²) >= 11 is 5.22. The highest BCUT2D eigenvalue weighted by molar-refractivity contribution is 9.10. The van der Waals surface area contributed by atoms with Crippen molar-refractivity contribution < 1.29 is 0 Å². The van der Waals surface area contributed by atoms with Crippen LogP contribution in [0, 0.1) is 10.8 Å². The maximum atomic E-state index is 7.32. The van der Waals surface area contributed by atoms with E-state index in [2.05, 4.69) is 64.5 Å². The molecule has 3 heteroatoms. The van der Waals surface area contributed by atoms with E-state index in [1.54, 1.807) is 11.8 Å². The molecule has 0 radical (unpaired) electrons. The summed E-state index contributed by atoms with van der Waals surface area (Å²) < 4.78 is 1.16. The quantitative estimate of drug-likeness (QED) is 0.357. The van der Waals surface area contributed by atoms with Crippen LogP contribution < -0.4 is 0 Å². The predicted octanol–water partition coefficient (Wildman–Crippen LogP) is 6.29. The number of nitrogens with one attached hydrogen (secondary N) is 1. The van der Waals surface area contributed by atoms with Crippen molar-refractivity contribution in [2.45, 2.75) is 32.1 Å². The first-order chi connectivity index (χ1) is 12.2. The zero-order valence-corrected chi connectivity index (χ0v) is 16.6. The lowest BCUT2D eigenvalue weighted by atomic mass is 9.74. The number of fused-ring (bicyclic) bond motifs is 2. The van der Waals surface area contributed by atoms with Gasteiger partial charge in [0, 0.05) is 15.6 Å². The highest BCUT2D eigenvalue weighted by atomic mass is 79.9. The van der Waals surface area contributed by atoms with Gasteiger partial charge in [0.15, 0.2) is 0 Å². The highest BCUT2D eigenvalue weighted by Crippen LogP contribution is 2.54. The molecule has 0 heterocycles. The Bertz CT molecular complexity index is 813. The summed E-state index contributed by atoms with van der Waals surface area (Å²) in [6.45, 7) is 0. The minimum Gasteiger partial charge on any atom is -0.302 e. The fourth-order valence-corrected chi connectivity index (χ4v) is 5.29. The molecule has 1 nitrogen and oxygen atoms in total. The second kappa shape index (κ2) is 7.13. The number of rotatable bonds is 3. The van der Waals surface area contributed by atoms with Crippen LogP contribution in [0.25, 0.3) is 5.57 Å². The second-order valence-electron chi connectivity index (χ2n) is 7.10.